The summed E-state index contributed by atoms with van der Waals surface area (Å²) < 4.78 is 0. The fraction of sp³-hybridized carbons (Fsp3) is 0.278. The number of hydrogen-bond acceptors (Lipinski definition) is 3. The lowest BCUT2D eigenvalue weighted by Crippen LogP contribution is -2.28. The number of urea groups is 1. The third-order valence-electron chi connectivity index (χ3n) is 3.33. The van der Waals surface area contributed by atoms with E-state index in [0.717, 1.165) is 30.0 Å². The molecular formula is C18H24N4O. The van der Waals surface area contributed by atoms with Crippen molar-refractivity contribution in [2.45, 2.75) is 6.54 Å². The Labute approximate surface area is 137 Å². The van der Waals surface area contributed by atoms with Gasteiger partial charge in [-0.05, 0) is 43.9 Å². The molecule has 0 aliphatic heterocycles. The first-order valence-corrected chi connectivity index (χ1v) is 7.71. The van der Waals surface area contributed by atoms with E-state index in [0.29, 0.717) is 6.54 Å². The second kappa shape index (κ2) is 8.80. The summed E-state index contributed by atoms with van der Waals surface area (Å²) in [7, 11) is 4.11. The van der Waals surface area contributed by atoms with Crippen LogP contribution in [0.15, 0.2) is 54.6 Å². The minimum Gasteiger partial charge on any atom is -0.384 e. The van der Waals surface area contributed by atoms with Gasteiger partial charge in [0.15, 0.2) is 0 Å². The molecule has 0 spiro atoms. The summed E-state index contributed by atoms with van der Waals surface area (Å²) in [5.41, 5.74) is 2.93. The van der Waals surface area contributed by atoms with E-state index in [-0.39, 0.29) is 6.03 Å². The SMILES string of the molecule is CN(C)CCNc1ccc(CNC(=O)Nc2ccccc2)cc1. The Kier molecular flexibility index (Phi) is 6.44. The van der Waals surface area contributed by atoms with Crippen LogP contribution < -0.4 is 16.0 Å². The maximum atomic E-state index is 11.8. The molecule has 5 heteroatoms. The second-order valence-electron chi connectivity index (χ2n) is 5.60. The van der Waals surface area contributed by atoms with Gasteiger partial charge in [0.05, 0.1) is 0 Å². The molecule has 0 aliphatic carbocycles. The number of amides is 2. The van der Waals surface area contributed by atoms with E-state index in [9.17, 15) is 4.79 Å². The molecule has 0 aliphatic rings. The number of hydrogen-bond donors (Lipinski definition) is 3. The molecule has 2 aromatic rings. The van der Waals surface area contributed by atoms with E-state index in [1.54, 1.807) is 0 Å². The molecule has 2 aromatic carbocycles. The highest BCUT2D eigenvalue weighted by Gasteiger charge is 2.01. The highest BCUT2D eigenvalue weighted by atomic mass is 16.2. The predicted molar refractivity (Wildman–Crippen MR) is 95.8 cm³/mol. The molecule has 3 N–H and O–H groups in total. The Morgan fingerprint density at radius 1 is 0.957 bits per heavy atom. The van der Waals surface area contributed by atoms with Gasteiger partial charge in [-0.2, -0.15) is 0 Å². The first kappa shape index (κ1) is 16.8. The van der Waals surface area contributed by atoms with Crippen molar-refractivity contribution in [2.75, 3.05) is 37.8 Å². The minimum absolute atomic E-state index is 0.204. The average Bonchev–Trinajstić information content (AvgIpc) is 2.55. The summed E-state index contributed by atoms with van der Waals surface area (Å²) in [5.74, 6) is 0. The number of carbonyl (C=O) groups excluding carboxylic acids is 1. The molecular weight excluding hydrogens is 288 g/mol. The highest BCUT2D eigenvalue weighted by Crippen LogP contribution is 2.09. The number of nitrogens with zero attached hydrogens (tertiary/aromatic N) is 1. The average molecular weight is 312 g/mol. The van der Waals surface area contributed by atoms with Gasteiger partial charge in [0.2, 0.25) is 0 Å². The van der Waals surface area contributed by atoms with Crippen molar-refractivity contribution >= 4 is 17.4 Å². The summed E-state index contributed by atoms with van der Waals surface area (Å²) in [6.45, 7) is 2.39. The number of anilines is 2. The molecule has 0 radical (unpaired) electrons. The lowest BCUT2D eigenvalue weighted by Gasteiger charge is -2.12. The Morgan fingerprint density at radius 3 is 2.30 bits per heavy atom. The lowest BCUT2D eigenvalue weighted by atomic mass is 10.2. The van der Waals surface area contributed by atoms with Crippen LogP contribution in [0.4, 0.5) is 16.2 Å². The van der Waals surface area contributed by atoms with Gasteiger partial charge in [-0.3, -0.25) is 0 Å². The summed E-state index contributed by atoms with van der Waals surface area (Å²) in [6.07, 6.45) is 0. The smallest absolute Gasteiger partial charge is 0.319 e. The van der Waals surface area contributed by atoms with E-state index in [1.807, 2.05) is 54.6 Å². The molecule has 122 valence electrons. The van der Waals surface area contributed by atoms with Gasteiger partial charge in [0, 0.05) is 31.0 Å². The van der Waals surface area contributed by atoms with Crippen molar-refractivity contribution in [3.8, 4) is 0 Å². The Bertz CT molecular complexity index is 596. The quantitative estimate of drug-likeness (QED) is 0.737. The maximum absolute atomic E-state index is 11.8. The zero-order valence-electron chi connectivity index (χ0n) is 13.7. The molecule has 2 amide bonds. The van der Waals surface area contributed by atoms with Gasteiger partial charge >= 0.3 is 6.03 Å². The topological polar surface area (TPSA) is 56.4 Å². The van der Waals surface area contributed by atoms with Crippen LogP contribution in [0.3, 0.4) is 0 Å². The number of likely N-dealkylation sites (N-methyl/N-ethyl adjacent to an activating group) is 1. The highest BCUT2D eigenvalue weighted by molar-refractivity contribution is 5.89. The van der Waals surface area contributed by atoms with Crippen molar-refractivity contribution < 1.29 is 4.79 Å². The van der Waals surface area contributed by atoms with E-state index in [2.05, 4.69) is 34.9 Å². The lowest BCUT2D eigenvalue weighted by molar-refractivity contribution is 0.251. The van der Waals surface area contributed by atoms with Crippen LogP contribution in [0.25, 0.3) is 0 Å². The van der Waals surface area contributed by atoms with E-state index in [4.69, 9.17) is 0 Å². The third-order valence-corrected chi connectivity index (χ3v) is 3.33. The van der Waals surface area contributed by atoms with Gasteiger partial charge < -0.3 is 20.9 Å². The van der Waals surface area contributed by atoms with Crippen LogP contribution in [-0.2, 0) is 6.54 Å². The van der Waals surface area contributed by atoms with Gasteiger partial charge in [-0.25, -0.2) is 4.79 Å². The zero-order valence-corrected chi connectivity index (χ0v) is 13.7. The molecule has 0 aromatic heterocycles. The maximum Gasteiger partial charge on any atom is 0.319 e. The fourth-order valence-electron chi connectivity index (χ4n) is 2.04. The van der Waals surface area contributed by atoms with Crippen LogP contribution in [0.2, 0.25) is 0 Å². The van der Waals surface area contributed by atoms with Crippen LogP contribution in [-0.4, -0.2) is 38.1 Å². The van der Waals surface area contributed by atoms with E-state index in [1.165, 1.54) is 0 Å². The van der Waals surface area contributed by atoms with Crippen molar-refractivity contribution in [3.05, 3.63) is 60.2 Å². The molecule has 0 fully saturated rings. The minimum atomic E-state index is -0.204. The normalized spacial score (nSPS) is 10.4. The largest absolute Gasteiger partial charge is 0.384 e. The monoisotopic (exact) mass is 312 g/mol. The molecule has 0 unspecified atom stereocenters. The van der Waals surface area contributed by atoms with Crippen LogP contribution in [0.1, 0.15) is 5.56 Å². The number of rotatable bonds is 7. The number of carbonyl (C=O) groups is 1. The van der Waals surface area contributed by atoms with Crippen molar-refractivity contribution in [1.82, 2.24) is 10.2 Å². The summed E-state index contributed by atoms with van der Waals surface area (Å²) >= 11 is 0. The molecule has 0 saturated carbocycles. The Morgan fingerprint density at radius 2 is 1.65 bits per heavy atom. The fourth-order valence-corrected chi connectivity index (χ4v) is 2.04. The summed E-state index contributed by atoms with van der Waals surface area (Å²) in [5, 5.41) is 9.00. The Balaban J connectivity index is 1.74. The number of para-hydroxylation sites is 1. The number of nitrogens with one attached hydrogen (secondary N) is 3. The molecule has 5 nitrogen and oxygen atoms in total. The van der Waals surface area contributed by atoms with Crippen LogP contribution in [0, 0.1) is 0 Å². The summed E-state index contributed by atoms with van der Waals surface area (Å²) in [4.78, 5) is 14.0. The predicted octanol–water partition coefficient (Wildman–Crippen LogP) is 2.98. The summed E-state index contributed by atoms with van der Waals surface area (Å²) in [6, 6.07) is 17.3. The molecule has 2 rings (SSSR count). The number of benzene rings is 2. The van der Waals surface area contributed by atoms with Gasteiger partial charge in [-0.15, -0.1) is 0 Å². The van der Waals surface area contributed by atoms with Gasteiger partial charge in [0.1, 0.15) is 0 Å². The van der Waals surface area contributed by atoms with Crippen molar-refractivity contribution in [2.24, 2.45) is 0 Å². The zero-order chi connectivity index (χ0) is 16.5. The molecule has 0 heterocycles. The molecule has 0 bridgehead atoms. The molecule has 0 atom stereocenters. The van der Waals surface area contributed by atoms with Crippen molar-refractivity contribution in [1.29, 1.82) is 0 Å². The first-order valence-electron chi connectivity index (χ1n) is 7.71. The van der Waals surface area contributed by atoms with Gasteiger partial charge in [-0.1, -0.05) is 30.3 Å². The standard InChI is InChI=1S/C18H24N4O/c1-22(2)13-12-19-16-10-8-15(9-11-16)14-20-18(23)21-17-6-4-3-5-7-17/h3-11,19H,12-14H2,1-2H3,(H2,20,21,23). The van der Waals surface area contributed by atoms with Crippen molar-refractivity contribution in [3.63, 3.8) is 0 Å². The molecule has 23 heavy (non-hydrogen) atoms. The molecule has 0 saturated heterocycles. The van der Waals surface area contributed by atoms with E-state index < -0.39 is 0 Å². The van der Waals surface area contributed by atoms with Crippen LogP contribution >= 0.6 is 0 Å². The first-order chi connectivity index (χ1) is 11.1. The Hall–Kier alpha value is -2.53. The second-order valence-corrected chi connectivity index (χ2v) is 5.60. The van der Waals surface area contributed by atoms with Gasteiger partial charge in [0.25, 0.3) is 0 Å². The van der Waals surface area contributed by atoms with E-state index >= 15 is 0 Å². The third kappa shape index (κ3) is 6.40. The van der Waals surface area contributed by atoms with Crippen LogP contribution in [0.5, 0.6) is 0 Å².